The highest BCUT2D eigenvalue weighted by atomic mass is 16.5. The summed E-state index contributed by atoms with van der Waals surface area (Å²) >= 11 is 0. The largest absolute Gasteiger partial charge is 0.481 e. The van der Waals surface area contributed by atoms with E-state index in [-0.39, 0.29) is 49.7 Å². The van der Waals surface area contributed by atoms with Crippen LogP contribution in [0, 0.1) is 0 Å². The SMILES string of the molecule is CCN.COC(=O)CCOc1ncn(C)n1.Cn1cnc(=O)[nH]1.Cn1cnc(OCCC(=O)O)n1. The third-order valence-electron chi connectivity index (χ3n) is 3.09. The molecular formula is C18H32N10O7. The lowest BCUT2D eigenvalue weighted by atomic mass is 10.5. The van der Waals surface area contributed by atoms with Crippen LogP contribution in [0.4, 0.5) is 0 Å². The van der Waals surface area contributed by atoms with Crippen molar-refractivity contribution < 1.29 is 28.9 Å². The lowest BCUT2D eigenvalue weighted by Gasteiger charge is -1.99. The smallest absolute Gasteiger partial charge is 0.361 e. The quantitative estimate of drug-likeness (QED) is 0.300. The first-order valence-corrected chi connectivity index (χ1v) is 10.1. The fraction of sp³-hybridized carbons (Fsp3) is 0.556. The molecule has 35 heavy (non-hydrogen) atoms. The zero-order valence-corrected chi connectivity index (χ0v) is 20.3. The molecule has 196 valence electrons. The number of carbonyl (C=O) groups is 2. The Morgan fingerprint density at radius 3 is 1.74 bits per heavy atom. The zero-order valence-electron chi connectivity index (χ0n) is 20.3. The standard InChI is InChI=1S/C7H11N3O3.C6H9N3O3.C3H5N3O.C2H7N/c1-10-5-8-7(9-10)13-4-3-6(11)12-2;1-9-4-7-6(8-9)12-3-2-5(10)11;1-6-2-4-3(7)5-6;1-2-3/h5H,3-4H2,1-2H3;4H,2-3H2,1H3,(H,10,11);2H,1H3,(H,5,7);2-3H2,1H3. The molecule has 0 bridgehead atoms. The lowest BCUT2D eigenvalue weighted by molar-refractivity contribution is -0.141. The molecule has 0 aliphatic rings. The Balaban J connectivity index is 0.000000485. The van der Waals surface area contributed by atoms with E-state index in [1.54, 1.807) is 21.1 Å². The Morgan fingerprint density at radius 2 is 1.46 bits per heavy atom. The van der Waals surface area contributed by atoms with Gasteiger partial charge in [0.2, 0.25) is 0 Å². The molecule has 17 heteroatoms. The van der Waals surface area contributed by atoms with Gasteiger partial charge in [0.05, 0.1) is 20.0 Å². The molecule has 17 nitrogen and oxygen atoms in total. The van der Waals surface area contributed by atoms with Crippen molar-refractivity contribution in [1.29, 1.82) is 0 Å². The highest BCUT2D eigenvalue weighted by molar-refractivity contribution is 5.69. The number of aliphatic carboxylic acids is 1. The molecule has 0 fully saturated rings. The number of esters is 1. The monoisotopic (exact) mass is 500 g/mol. The molecule has 0 atom stereocenters. The third-order valence-corrected chi connectivity index (χ3v) is 3.09. The second-order valence-electron chi connectivity index (χ2n) is 6.25. The van der Waals surface area contributed by atoms with E-state index in [0.717, 1.165) is 6.54 Å². The molecule has 0 aliphatic heterocycles. The van der Waals surface area contributed by atoms with E-state index in [0.29, 0.717) is 0 Å². The molecule has 0 saturated carbocycles. The number of aromatic nitrogens is 9. The second kappa shape index (κ2) is 18.2. The predicted molar refractivity (Wildman–Crippen MR) is 120 cm³/mol. The summed E-state index contributed by atoms with van der Waals surface area (Å²) in [6.45, 7) is 2.98. The van der Waals surface area contributed by atoms with Crippen LogP contribution in [0.5, 0.6) is 12.0 Å². The molecule has 4 N–H and O–H groups in total. The summed E-state index contributed by atoms with van der Waals surface area (Å²) in [6.07, 6.45) is 4.58. The average Bonchev–Trinajstić information content (AvgIpc) is 3.51. The van der Waals surface area contributed by atoms with Crippen LogP contribution in [0.25, 0.3) is 0 Å². The Morgan fingerprint density at radius 1 is 0.971 bits per heavy atom. The van der Waals surface area contributed by atoms with Crippen molar-refractivity contribution in [2.45, 2.75) is 19.8 Å². The van der Waals surface area contributed by atoms with Crippen LogP contribution in [0.2, 0.25) is 0 Å². The molecule has 0 radical (unpaired) electrons. The summed E-state index contributed by atoms with van der Waals surface area (Å²) in [4.78, 5) is 41.8. The molecule has 0 unspecified atom stereocenters. The lowest BCUT2D eigenvalue weighted by Crippen LogP contribution is -2.08. The van der Waals surface area contributed by atoms with Gasteiger partial charge in [0.1, 0.15) is 32.2 Å². The Labute approximate surface area is 200 Å². The van der Waals surface area contributed by atoms with Gasteiger partial charge in [0.25, 0.3) is 0 Å². The first kappa shape index (κ1) is 30.7. The van der Waals surface area contributed by atoms with Crippen molar-refractivity contribution in [2.75, 3.05) is 26.9 Å². The number of hydrogen-bond donors (Lipinski definition) is 3. The number of H-pyrrole nitrogens is 1. The van der Waals surface area contributed by atoms with Crippen LogP contribution in [0.3, 0.4) is 0 Å². The van der Waals surface area contributed by atoms with Crippen molar-refractivity contribution in [3.05, 3.63) is 29.5 Å². The van der Waals surface area contributed by atoms with E-state index in [4.69, 9.17) is 20.3 Å². The molecule has 0 spiro atoms. The topological polar surface area (TPSA) is 220 Å². The molecule has 0 amide bonds. The minimum atomic E-state index is -0.897. The summed E-state index contributed by atoms with van der Waals surface area (Å²) in [5, 5.41) is 18.3. The Kier molecular flexibility index (Phi) is 16.0. The Bertz CT molecular complexity index is 1030. The van der Waals surface area contributed by atoms with Gasteiger partial charge in [-0.2, -0.15) is 15.0 Å². The van der Waals surface area contributed by atoms with Gasteiger partial charge in [-0.05, 0) is 6.54 Å². The summed E-state index contributed by atoms with van der Waals surface area (Å²) in [7, 11) is 6.48. The number of aromatic amines is 1. The second-order valence-corrected chi connectivity index (χ2v) is 6.25. The van der Waals surface area contributed by atoms with Gasteiger partial charge in [-0.25, -0.2) is 9.89 Å². The van der Waals surface area contributed by atoms with E-state index in [2.05, 4.69) is 35.0 Å². The number of nitrogens with one attached hydrogen (secondary N) is 1. The minimum Gasteiger partial charge on any atom is -0.481 e. The average molecular weight is 501 g/mol. The maximum atomic E-state index is 10.7. The van der Waals surface area contributed by atoms with Crippen LogP contribution in [-0.2, 0) is 35.5 Å². The van der Waals surface area contributed by atoms with E-state index >= 15 is 0 Å². The summed E-state index contributed by atoms with van der Waals surface area (Å²) in [5.74, 6) is -1.21. The molecule has 0 aromatic carbocycles. The van der Waals surface area contributed by atoms with Crippen LogP contribution < -0.4 is 20.9 Å². The van der Waals surface area contributed by atoms with Crippen molar-refractivity contribution >= 4 is 11.9 Å². The van der Waals surface area contributed by atoms with Gasteiger partial charge in [0.15, 0.2) is 0 Å². The van der Waals surface area contributed by atoms with Crippen molar-refractivity contribution in [2.24, 2.45) is 26.9 Å². The van der Waals surface area contributed by atoms with Crippen LogP contribution in [0.1, 0.15) is 19.8 Å². The van der Waals surface area contributed by atoms with Gasteiger partial charge < -0.3 is 25.1 Å². The minimum absolute atomic E-state index is 0.0434. The van der Waals surface area contributed by atoms with Gasteiger partial charge in [-0.15, -0.1) is 10.2 Å². The number of methoxy groups -OCH3 is 1. The molecule has 0 aliphatic carbocycles. The zero-order chi connectivity index (χ0) is 26.6. The maximum Gasteiger partial charge on any atom is 0.361 e. The molecule has 3 heterocycles. The molecular weight excluding hydrogens is 468 g/mol. The van der Waals surface area contributed by atoms with Crippen molar-refractivity contribution in [3.8, 4) is 12.0 Å². The fourth-order valence-electron chi connectivity index (χ4n) is 1.68. The highest BCUT2D eigenvalue weighted by Crippen LogP contribution is 1.99. The highest BCUT2D eigenvalue weighted by Gasteiger charge is 2.03. The van der Waals surface area contributed by atoms with Crippen LogP contribution >= 0.6 is 0 Å². The van der Waals surface area contributed by atoms with Crippen LogP contribution in [0.15, 0.2) is 23.8 Å². The number of carbonyl (C=O) groups excluding carboxylic acids is 1. The van der Waals surface area contributed by atoms with Gasteiger partial charge in [-0.3, -0.25) is 23.6 Å². The number of rotatable bonds is 8. The van der Waals surface area contributed by atoms with E-state index in [9.17, 15) is 14.4 Å². The first-order chi connectivity index (χ1) is 16.6. The number of carboxylic acids is 1. The molecule has 3 aromatic heterocycles. The van der Waals surface area contributed by atoms with E-state index < -0.39 is 5.97 Å². The first-order valence-electron chi connectivity index (χ1n) is 10.1. The van der Waals surface area contributed by atoms with Gasteiger partial charge >= 0.3 is 29.6 Å². The summed E-state index contributed by atoms with van der Waals surface area (Å²) in [5.41, 5.74) is 4.54. The maximum absolute atomic E-state index is 10.7. The van der Waals surface area contributed by atoms with E-state index in [1.165, 1.54) is 40.1 Å². The number of nitrogens with two attached hydrogens (primary N) is 1. The van der Waals surface area contributed by atoms with E-state index in [1.807, 2.05) is 6.92 Å². The number of aryl methyl sites for hydroxylation is 3. The number of ether oxygens (including phenoxy) is 3. The fourth-order valence-corrected chi connectivity index (χ4v) is 1.68. The predicted octanol–water partition coefficient (Wildman–Crippen LogP) is -1.50. The summed E-state index contributed by atoms with van der Waals surface area (Å²) < 4.78 is 18.9. The summed E-state index contributed by atoms with van der Waals surface area (Å²) in [6, 6.07) is 0.477. The number of carboxylic acid groups (broad SMARTS) is 1. The van der Waals surface area contributed by atoms with Crippen molar-refractivity contribution in [1.82, 2.24) is 44.3 Å². The van der Waals surface area contributed by atoms with Crippen LogP contribution in [-0.4, -0.2) is 88.2 Å². The van der Waals surface area contributed by atoms with Gasteiger partial charge in [0, 0.05) is 21.1 Å². The van der Waals surface area contributed by atoms with Gasteiger partial charge in [-0.1, -0.05) is 6.92 Å². The molecule has 3 rings (SSSR count). The van der Waals surface area contributed by atoms with Crippen molar-refractivity contribution in [3.63, 3.8) is 0 Å². The number of nitrogens with zero attached hydrogens (tertiary/aromatic N) is 8. The molecule has 0 saturated heterocycles. The third kappa shape index (κ3) is 16.9. The molecule has 3 aromatic rings. The Hall–Kier alpha value is -4.28. The normalized spacial score (nSPS) is 9.31. The number of hydrogen-bond acceptors (Lipinski definition) is 12.